The molecule has 0 atom stereocenters. The molecule has 162 valence electrons. The summed E-state index contributed by atoms with van der Waals surface area (Å²) in [7, 11) is 0. The number of hydrogen-bond acceptors (Lipinski definition) is 4. The number of halogens is 1. The number of benzene rings is 2. The maximum Gasteiger partial charge on any atom is 0.266 e. The van der Waals surface area contributed by atoms with Crippen molar-refractivity contribution in [2.24, 2.45) is 0 Å². The zero-order valence-corrected chi connectivity index (χ0v) is 19.1. The molecule has 2 aromatic carbocycles. The molecule has 2 heterocycles. The second-order valence-corrected chi connectivity index (χ2v) is 8.77. The molecule has 0 unspecified atom stereocenters. The van der Waals surface area contributed by atoms with Crippen molar-refractivity contribution in [1.29, 1.82) is 0 Å². The third-order valence-electron chi connectivity index (χ3n) is 4.97. The summed E-state index contributed by atoms with van der Waals surface area (Å²) in [5, 5.41) is 6.71. The smallest absolute Gasteiger partial charge is 0.266 e. The summed E-state index contributed by atoms with van der Waals surface area (Å²) in [5.74, 6) is 0.421. The van der Waals surface area contributed by atoms with Crippen LogP contribution in [0.1, 0.15) is 37.0 Å². The quantitative estimate of drug-likeness (QED) is 0.380. The minimum atomic E-state index is -0.312. The summed E-state index contributed by atoms with van der Waals surface area (Å²) in [6.07, 6.45) is 3.71. The average molecular weight is 465 g/mol. The summed E-state index contributed by atoms with van der Waals surface area (Å²) in [6, 6.07) is 16.3. The molecule has 2 amide bonds. The Kier molecular flexibility index (Phi) is 6.39. The topological polar surface area (TPSA) is 76.0 Å². The molecule has 0 bridgehead atoms. The number of hydrogen-bond donors (Lipinski definition) is 2. The lowest BCUT2D eigenvalue weighted by atomic mass is 10.2. The van der Waals surface area contributed by atoms with E-state index in [4.69, 9.17) is 11.6 Å². The number of rotatable bonds is 6. The molecule has 2 aromatic heterocycles. The van der Waals surface area contributed by atoms with Gasteiger partial charge < -0.3 is 15.2 Å². The van der Waals surface area contributed by atoms with Gasteiger partial charge >= 0.3 is 0 Å². The minimum absolute atomic E-state index is 0.219. The van der Waals surface area contributed by atoms with Gasteiger partial charge in [-0.2, -0.15) is 0 Å². The number of nitrogens with zero attached hydrogens (tertiary/aromatic N) is 2. The van der Waals surface area contributed by atoms with E-state index in [1.165, 1.54) is 11.3 Å². The highest BCUT2D eigenvalue weighted by Crippen LogP contribution is 2.28. The number of aryl methyl sites for hydroxylation is 2. The summed E-state index contributed by atoms with van der Waals surface area (Å²) in [6.45, 7) is 4.52. The van der Waals surface area contributed by atoms with Gasteiger partial charge in [-0.3, -0.25) is 9.59 Å². The maximum atomic E-state index is 12.8. The van der Waals surface area contributed by atoms with Crippen molar-refractivity contribution in [2.75, 3.05) is 10.6 Å². The van der Waals surface area contributed by atoms with Crippen molar-refractivity contribution in [2.45, 2.75) is 20.4 Å². The van der Waals surface area contributed by atoms with Gasteiger partial charge in [0.15, 0.2) is 0 Å². The van der Waals surface area contributed by atoms with Crippen LogP contribution in [0.3, 0.4) is 0 Å². The van der Waals surface area contributed by atoms with Crippen LogP contribution in [0.4, 0.5) is 10.7 Å². The van der Waals surface area contributed by atoms with Crippen LogP contribution >= 0.6 is 22.9 Å². The van der Waals surface area contributed by atoms with Crippen molar-refractivity contribution in [1.82, 2.24) is 9.55 Å². The lowest BCUT2D eigenvalue weighted by molar-refractivity contribution is 0.102. The first-order chi connectivity index (χ1) is 15.4. The molecule has 0 saturated heterocycles. The fraction of sp³-hybridized carbons (Fsp3) is 0.125. The number of aromatic nitrogens is 2. The third kappa shape index (κ3) is 4.90. The summed E-state index contributed by atoms with van der Waals surface area (Å²) >= 11 is 7.32. The van der Waals surface area contributed by atoms with Gasteiger partial charge in [0.05, 0.1) is 20.5 Å². The number of thiophene rings is 1. The molecule has 0 aliphatic rings. The van der Waals surface area contributed by atoms with Crippen LogP contribution in [-0.2, 0) is 6.54 Å². The van der Waals surface area contributed by atoms with E-state index in [0.29, 0.717) is 26.2 Å². The highest BCUT2D eigenvalue weighted by Gasteiger charge is 2.17. The van der Waals surface area contributed by atoms with E-state index in [2.05, 4.69) is 20.2 Å². The zero-order valence-electron chi connectivity index (χ0n) is 17.6. The van der Waals surface area contributed by atoms with E-state index in [1.807, 2.05) is 44.3 Å². The minimum Gasteiger partial charge on any atom is -0.331 e. The van der Waals surface area contributed by atoms with E-state index in [-0.39, 0.29) is 11.8 Å². The van der Waals surface area contributed by atoms with Crippen LogP contribution in [0.5, 0.6) is 0 Å². The summed E-state index contributed by atoms with van der Waals surface area (Å²) in [5.41, 5.74) is 2.99. The Balaban J connectivity index is 1.41. The third-order valence-corrected chi connectivity index (χ3v) is 6.45. The molecule has 8 heteroatoms. The number of anilines is 2. The number of amides is 2. The van der Waals surface area contributed by atoms with E-state index >= 15 is 0 Å². The van der Waals surface area contributed by atoms with Crippen molar-refractivity contribution >= 4 is 45.4 Å². The van der Waals surface area contributed by atoms with Gasteiger partial charge in [0, 0.05) is 24.6 Å². The highest BCUT2D eigenvalue weighted by molar-refractivity contribution is 7.18. The summed E-state index contributed by atoms with van der Waals surface area (Å²) in [4.78, 5) is 30.1. The van der Waals surface area contributed by atoms with Crippen molar-refractivity contribution in [3.05, 3.63) is 99.4 Å². The Bertz CT molecular complexity index is 1280. The normalized spacial score (nSPS) is 10.7. The Morgan fingerprint density at radius 2 is 1.78 bits per heavy atom. The standard InChI is InChI=1S/C24H21ClN4O2S/c1-15-13-21(28-23(30)19-5-3-4-6-20(19)25)32-22(15)24(31)27-18-9-7-17(8-10-18)14-29-12-11-26-16(29)2/h3-13H,14H2,1-2H3,(H,27,31)(H,28,30). The monoisotopic (exact) mass is 464 g/mol. The van der Waals surface area contributed by atoms with Crippen molar-refractivity contribution in [3.8, 4) is 0 Å². The lowest BCUT2D eigenvalue weighted by Gasteiger charge is -2.08. The Labute approximate surface area is 194 Å². The van der Waals surface area contributed by atoms with Crippen LogP contribution in [0, 0.1) is 13.8 Å². The number of carbonyl (C=O) groups excluding carboxylic acids is 2. The first kappa shape index (κ1) is 21.8. The SMILES string of the molecule is Cc1cc(NC(=O)c2ccccc2Cl)sc1C(=O)Nc1ccc(Cn2ccnc2C)cc1. The molecule has 4 rings (SSSR count). The predicted octanol–water partition coefficient (Wildman–Crippen LogP) is 5.77. The molecule has 0 aliphatic heterocycles. The van der Waals surface area contributed by atoms with Gasteiger partial charge in [0.2, 0.25) is 0 Å². The van der Waals surface area contributed by atoms with E-state index < -0.39 is 0 Å². The first-order valence-corrected chi connectivity index (χ1v) is 11.1. The van der Waals surface area contributed by atoms with Crippen LogP contribution in [0.2, 0.25) is 5.02 Å². The van der Waals surface area contributed by atoms with Crippen molar-refractivity contribution < 1.29 is 9.59 Å². The molecule has 0 saturated carbocycles. The molecule has 0 fully saturated rings. The molecular formula is C24H21ClN4O2S. The van der Waals surface area contributed by atoms with Crippen LogP contribution in [0.25, 0.3) is 0 Å². The van der Waals surface area contributed by atoms with Crippen LogP contribution in [-0.4, -0.2) is 21.4 Å². The number of nitrogens with one attached hydrogen (secondary N) is 2. The lowest BCUT2D eigenvalue weighted by Crippen LogP contribution is -2.12. The number of imidazole rings is 1. The Morgan fingerprint density at radius 1 is 1.03 bits per heavy atom. The molecule has 0 aliphatic carbocycles. The molecule has 32 heavy (non-hydrogen) atoms. The second-order valence-electron chi connectivity index (χ2n) is 7.31. The second kappa shape index (κ2) is 9.38. The summed E-state index contributed by atoms with van der Waals surface area (Å²) < 4.78 is 2.06. The molecule has 4 aromatic rings. The van der Waals surface area contributed by atoms with Crippen LogP contribution < -0.4 is 10.6 Å². The fourth-order valence-electron chi connectivity index (χ4n) is 3.24. The number of carbonyl (C=O) groups is 2. The predicted molar refractivity (Wildman–Crippen MR) is 129 cm³/mol. The van der Waals surface area contributed by atoms with Gasteiger partial charge in [-0.15, -0.1) is 11.3 Å². The maximum absolute atomic E-state index is 12.8. The molecule has 0 spiro atoms. The van der Waals surface area contributed by atoms with Crippen LogP contribution in [0.15, 0.2) is 67.0 Å². The first-order valence-electron chi connectivity index (χ1n) is 9.95. The zero-order chi connectivity index (χ0) is 22.7. The fourth-order valence-corrected chi connectivity index (χ4v) is 4.43. The average Bonchev–Trinajstić information content (AvgIpc) is 3.34. The Morgan fingerprint density at radius 3 is 2.47 bits per heavy atom. The van der Waals surface area contributed by atoms with Gasteiger partial charge in [0.25, 0.3) is 11.8 Å². The molecule has 0 radical (unpaired) electrons. The van der Waals surface area contributed by atoms with Gasteiger partial charge in [-0.25, -0.2) is 4.98 Å². The Hall–Kier alpha value is -3.42. The van der Waals surface area contributed by atoms with E-state index in [9.17, 15) is 9.59 Å². The van der Waals surface area contributed by atoms with Gasteiger partial charge in [0.1, 0.15) is 5.82 Å². The molecule has 6 nitrogen and oxygen atoms in total. The van der Waals surface area contributed by atoms with E-state index in [0.717, 1.165) is 23.5 Å². The molecule has 2 N–H and O–H groups in total. The highest BCUT2D eigenvalue weighted by atomic mass is 35.5. The van der Waals surface area contributed by atoms with Gasteiger partial charge in [-0.05, 0) is 55.3 Å². The largest absolute Gasteiger partial charge is 0.331 e. The molecular weight excluding hydrogens is 444 g/mol. The van der Waals surface area contributed by atoms with Crippen molar-refractivity contribution in [3.63, 3.8) is 0 Å². The van der Waals surface area contributed by atoms with Gasteiger partial charge in [-0.1, -0.05) is 35.9 Å². The van der Waals surface area contributed by atoms with E-state index in [1.54, 1.807) is 36.5 Å².